The van der Waals surface area contributed by atoms with E-state index in [0.717, 1.165) is 19.1 Å². The van der Waals surface area contributed by atoms with E-state index in [0.29, 0.717) is 0 Å². The number of hydrogen-bond acceptors (Lipinski definition) is 2. The quantitative estimate of drug-likeness (QED) is 0.657. The van der Waals surface area contributed by atoms with Gasteiger partial charge in [-0.1, -0.05) is 46.0 Å². The second-order valence-electron chi connectivity index (χ2n) is 5.88. The summed E-state index contributed by atoms with van der Waals surface area (Å²) in [6.07, 6.45) is 10.8. The molecule has 0 aliphatic heterocycles. The van der Waals surface area contributed by atoms with Gasteiger partial charge in [0.1, 0.15) is 0 Å². The summed E-state index contributed by atoms with van der Waals surface area (Å²) in [5.74, 6) is 0. The number of nitrogens with zero attached hydrogens (tertiary/aromatic N) is 1. The summed E-state index contributed by atoms with van der Waals surface area (Å²) in [4.78, 5) is 2.70. The summed E-state index contributed by atoms with van der Waals surface area (Å²) in [7, 11) is 0. The third-order valence-electron chi connectivity index (χ3n) is 4.56. The smallest absolute Gasteiger partial charge is 0.0306 e. The average Bonchev–Trinajstić information content (AvgIpc) is 2.84. The van der Waals surface area contributed by atoms with Gasteiger partial charge in [-0.05, 0) is 32.7 Å². The maximum atomic E-state index is 6.09. The Morgan fingerprint density at radius 1 is 1.18 bits per heavy atom. The molecule has 102 valence electrons. The normalized spacial score (nSPS) is 21.0. The van der Waals surface area contributed by atoms with E-state index < -0.39 is 0 Å². The molecular weight excluding hydrogens is 208 g/mol. The summed E-state index contributed by atoms with van der Waals surface area (Å²) in [6, 6.07) is 0.801. The van der Waals surface area contributed by atoms with Crippen molar-refractivity contribution in [3.63, 3.8) is 0 Å². The Kier molecular flexibility index (Phi) is 6.50. The summed E-state index contributed by atoms with van der Waals surface area (Å²) >= 11 is 0. The minimum absolute atomic E-state index is 0.235. The molecule has 1 aliphatic rings. The molecule has 0 saturated heterocycles. The van der Waals surface area contributed by atoms with Crippen LogP contribution in [0.5, 0.6) is 0 Å². The molecule has 0 spiro atoms. The van der Waals surface area contributed by atoms with Crippen LogP contribution in [-0.4, -0.2) is 29.6 Å². The van der Waals surface area contributed by atoms with Crippen molar-refractivity contribution in [1.82, 2.24) is 4.90 Å². The molecule has 0 aromatic heterocycles. The highest BCUT2D eigenvalue weighted by Gasteiger charge is 2.34. The molecule has 1 aliphatic carbocycles. The van der Waals surface area contributed by atoms with Gasteiger partial charge < -0.3 is 5.73 Å². The Balaban J connectivity index is 2.59. The monoisotopic (exact) mass is 240 g/mol. The Morgan fingerprint density at radius 3 is 2.29 bits per heavy atom. The molecule has 2 nitrogen and oxygen atoms in total. The number of likely N-dealkylation sites (N-methyl/N-ethyl adjacent to an activating group) is 1. The lowest BCUT2D eigenvalue weighted by Gasteiger charge is -2.44. The maximum absolute atomic E-state index is 6.09. The molecule has 0 bridgehead atoms. The first-order valence-electron chi connectivity index (χ1n) is 7.64. The molecule has 2 N–H and O–H groups in total. The van der Waals surface area contributed by atoms with Gasteiger partial charge in [0, 0.05) is 18.1 Å². The number of unbranched alkanes of at least 4 members (excludes halogenated alkanes) is 2. The van der Waals surface area contributed by atoms with Gasteiger partial charge in [0.2, 0.25) is 0 Å². The van der Waals surface area contributed by atoms with Gasteiger partial charge in [0.15, 0.2) is 0 Å². The average molecular weight is 240 g/mol. The first-order valence-corrected chi connectivity index (χ1v) is 7.64. The van der Waals surface area contributed by atoms with E-state index in [1.807, 2.05) is 0 Å². The predicted molar refractivity (Wildman–Crippen MR) is 76.2 cm³/mol. The molecule has 0 aromatic carbocycles. The lowest BCUT2D eigenvalue weighted by atomic mass is 9.90. The van der Waals surface area contributed by atoms with E-state index in [2.05, 4.69) is 25.7 Å². The number of hydrogen-bond donors (Lipinski definition) is 1. The zero-order valence-electron chi connectivity index (χ0n) is 12.2. The minimum atomic E-state index is 0.235. The van der Waals surface area contributed by atoms with Crippen molar-refractivity contribution in [3.8, 4) is 0 Å². The van der Waals surface area contributed by atoms with Crippen molar-refractivity contribution in [3.05, 3.63) is 0 Å². The van der Waals surface area contributed by atoms with Crippen LogP contribution in [0.1, 0.15) is 72.1 Å². The van der Waals surface area contributed by atoms with Crippen LogP contribution in [-0.2, 0) is 0 Å². The fourth-order valence-corrected chi connectivity index (χ4v) is 3.42. The minimum Gasteiger partial charge on any atom is -0.329 e. The third kappa shape index (κ3) is 3.96. The van der Waals surface area contributed by atoms with Gasteiger partial charge >= 0.3 is 0 Å². The van der Waals surface area contributed by atoms with E-state index >= 15 is 0 Å². The first-order chi connectivity index (χ1) is 8.18. The molecule has 1 atom stereocenters. The van der Waals surface area contributed by atoms with Gasteiger partial charge in [-0.25, -0.2) is 0 Å². The van der Waals surface area contributed by atoms with E-state index in [1.54, 1.807) is 0 Å². The lowest BCUT2D eigenvalue weighted by Crippen LogP contribution is -2.55. The Bertz CT molecular complexity index is 199. The van der Waals surface area contributed by atoms with Gasteiger partial charge in [-0.3, -0.25) is 4.90 Å². The predicted octanol–water partition coefficient (Wildman–Crippen LogP) is 3.55. The van der Waals surface area contributed by atoms with Gasteiger partial charge in [-0.2, -0.15) is 0 Å². The van der Waals surface area contributed by atoms with Crippen LogP contribution in [0.4, 0.5) is 0 Å². The zero-order chi connectivity index (χ0) is 12.7. The molecule has 0 heterocycles. The summed E-state index contributed by atoms with van der Waals surface area (Å²) in [5, 5.41) is 0. The molecule has 1 fully saturated rings. The van der Waals surface area contributed by atoms with Crippen LogP contribution in [0.3, 0.4) is 0 Å². The molecule has 1 unspecified atom stereocenters. The Hall–Kier alpha value is -0.0800. The number of rotatable bonds is 8. The molecular formula is C15H32N2. The van der Waals surface area contributed by atoms with Crippen LogP contribution < -0.4 is 5.73 Å². The van der Waals surface area contributed by atoms with Crippen molar-refractivity contribution < 1.29 is 0 Å². The molecule has 2 heteroatoms. The fourth-order valence-electron chi connectivity index (χ4n) is 3.42. The van der Waals surface area contributed by atoms with Crippen LogP contribution in [0, 0.1) is 0 Å². The molecule has 0 amide bonds. The highest BCUT2D eigenvalue weighted by molar-refractivity contribution is 4.92. The third-order valence-corrected chi connectivity index (χ3v) is 4.56. The van der Waals surface area contributed by atoms with Crippen LogP contribution in [0.2, 0.25) is 0 Å². The van der Waals surface area contributed by atoms with Gasteiger partial charge in [0.25, 0.3) is 0 Å². The Morgan fingerprint density at radius 2 is 1.82 bits per heavy atom. The van der Waals surface area contributed by atoms with Crippen molar-refractivity contribution in [2.45, 2.75) is 83.7 Å². The standard InChI is InChI=1S/C15H32N2/c1-4-6-9-12-15(3,13-16)17(5-2)14-10-7-8-11-14/h14H,4-13,16H2,1-3H3. The maximum Gasteiger partial charge on any atom is 0.0306 e. The fraction of sp³-hybridized carbons (Fsp3) is 1.00. The lowest BCUT2D eigenvalue weighted by molar-refractivity contribution is 0.0596. The van der Waals surface area contributed by atoms with Crippen LogP contribution in [0.25, 0.3) is 0 Å². The number of nitrogens with two attached hydrogens (primary N) is 1. The molecule has 1 saturated carbocycles. The highest BCUT2D eigenvalue weighted by atomic mass is 15.2. The molecule has 1 rings (SSSR count). The van der Waals surface area contributed by atoms with E-state index in [4.69, 9.17) is 5.73 Å². The van der Waals surface area contributed by atoms with Crippen LogP contribution in [0.15, 0.2) is 0 Å². The largest absolute Gasteiger partial charge is 0.329 e. The second-order valence-corrected chi connectivity index (χ2v) is 5.88. The van der Waals surface area contributed by atoms with Crippen molar-refractivity contribution in [2.24, 2.45) is 5.73 Å². The van der Waals surface area contributed by atoms with Gasteiger partial charge in [-0.15, -0.1) is 0 Å². The Labute approximate surface area is 108 Å². The highest BCUT2D eigenvalue weighted by Crippen LogP contribution is 2.31. The molecule has 0 aromatic rings. The first kappa shape index (κ1) is 15.0. The summed E-state index contributed by atoms with van der Waals surface area (Å²) in [5.41, 5.74) is 6.33. The second kappa shape index (κ2) is 7.38. The topological polar surface area (TPSA) is 29.3 Å². The van der Waals surface area contributed by atoms with E-state index in [9.17, 15) is 0 Å². The van der Waals surface area contributed by atoms with Crippen molar-refractivity contribution in [2.75, 3.05) is 13.1 Å². The van der Waals surface area contributed by atoms with E-state index in [-0.39, 0.29) is 5.54 Å². The zero-order valence-corrected chi connectivity index (χ0v) is 12.2. The van der Waals surface area contributed by atoms with Gasteiger partial charge in [0.05, 0.1) is 0 Å². The molecule has 17 heavy (non-hydrogen) atoms. The van der Waals surface area contributed by atoms with Crippen molar-refractivity contribution >= 4 is 0 Å². The van der Waals surface area contributed by atoms with Crippen LogP contribution >= 0.6 is 0 Å². The molecule has 0 radical (unpaired) electrons. The summed E-state index contributed by atoms with van der Waals surface area (Å²) in [6.45, 7) is 8.91. The summed E-state index contributed by atoms with van der Waals surface area (Å²) < 4.78 is 0. The SMILES string of the molecule is CCCCCC(C)(CN)N(CC)C1CCCC1. The van der Waals surface area contributed by atoms with E-state index in [1.165, 1.54) is 51.4 Å². The van der Waals surface area contributed by atoms with Crippen molar-refractivity contribution in [1.29, 1.82) is 0 Å².